The third-order valence-electron chi connectivity index (χ3n) is 4.32. The molecular weight excluding hydrogens is 430 g/mol. The summed E-state index contributed by atoms with van der Waals surface area (Å²) in [5.41, 5.74) is 0.410. The van der Waals surface area contributed by atoms with E-state index >= 15 is 0 Å². The number of sulfonamides is 1. The fourth-order valence-corrected chi connectivity index (χ4v) is 3.75. The number of amides is 1. The van der Waals surface area contributed by atoms with Gasteiger partial charge in [0, 0.05) is 12.1 Å². The maximum Gasteiger partial charge on any atom is 0.305 e. The number of hydrogen-bond acceptors (Lipinski definition) is 7. The summed E-state index contributed by atoms with van der Waals surface area (Å²) in [6, 6.07) is 8.56. The Bertz CT molecular complexity index is 1290. The molecule has 1 aromatic heterocycles. The highest BCUT2D eigenvalue weighted by atomic mass is 32.2. The second kappa shape index (κ2) is 8.93. The number of nitrogens with one attached hydrogen (secondary N) is 3. The van der Waals surface area contributed by atoms with Crippen LogP contribution in [-0.4, -0.2) is 42.9 Å². The first kappa shape index (κ1) is 21.9. The number of aliphatic carboxylic acids is 1. The number of carboxylic acids is 1. The Balaban J connectivity index is 1.65. The number of benzene rings is 2. The monoisotopic (exact) mass is 447 g/mol. The number of aromatic amines is 1. The molecule has 0 aliphatic heterocycles. The normalized spacial score (nSPS) is 12.4. The molecule has 0 spiro atoms. The van der Waals surface area contributed by atoms with Gasteiger partial charge >= 0.3 is 5.97 Å². The Morgan fingerprint density at radius 3 is 2.52 bits per heavy atom. The van der Waals surface area contributed by atoms with E-state index in [0.717, 1.165) is 0 Å². The van der Waals surface area contributed by atoms with Crippen molar-refractivity contribution in [3.8, 4) is 0 Å². The molecule has 0 aliphatic carbocycles. The molecule has 2 aromatic carbocycles. The number of aldehydes is 1. The van der Waals surface area contributed by atoms with Crippen LogP contribution in [0.3, 0.4) is 0 Å². The average Bonchev–Trinajstić information content (AvgIpc) is 3.12. The number of carbonyl (C=O) groups is 3. The van der Waals surface area contributed by atoms with Gasteiger partial charge in [0.1, 0.15) is 6.29 Å². The van der Waals surface area contributed by atoms with E-state index in [-0.39, 0.29) is 28.0 Å². The van der Waals surface area contributed by atoms with Crippen molar-refractivity contribution >= 4 is 39.2 Å². The zero-order chi connectivity index (χ0) is 22.6. The van der Waals surface area contributed by atoms with Crippen LogP contribution in [0.4, 0.5) is 0 Å². The minimum atomic E-state index is -3.92. The van der Waals surface area contributed by atoms with E-state index in [2.05, 4.69) is 15.2 Å². The van der Waals surface area contributed by atoms with Gasteiger partial charge in [-0.15, -0.1) is 0 Å². The molecule has 3 aromatic rings. The molecule has 3 rings (SSSR count). The Morgan fingerprint density at radius 1 is 1.16 bits per heavy atom. The Labute approximate surface area is 175 Å². The SMILES string of the molecule is O=C[C@H](CC(=O)O)NC(=O)c1ccc(CNS(=O)(=O)c2ccc3o[nH]c(=O)c3c2)cc1. The van der Waals surface area contributed by atoms with Gasteiger partial charge in [-0.25, -0.2) is 13.1 Å². The van der Waals surface area contributed by atoms with Crippen molar-refractivity contribution in [2.75, 3.05) is 0 Å². The zero-order valence-electron chi connectivity index (χ0n) is 15.8. The fraction of sp³-hybridized carbons (Fsp3) is 0.158. The van der Waals surface area contributed by atoms with E-state index in [4.69, 9.17) is 9.63 Å². The maximum atomic E-state index is 12.5. The number of carbonyl (C=O) groups excluding carboxylic acids is 2. The summed E-state index contributed by atoms with van der Waals surface area (Å²) in [7, 11) is -3.92. The zero-order valence-corrected chi connectivity index (χ0v) is 16.6. The predicted octanol–water partition coefficient (Wildman–Crippen LogP) is 0.372. The van der Waals surface area contributed by atoms with Crippen molar-refractivity contribution in [3.05, 3.63) is 63.9 Å². The topological polar surface area (TPSA) is 176 Å². The van der Waals surface area contributed by atoms with Crippen LogP contribution in [0.1, 0.15) is 22.3 Å². The van der Waals surface area contributed by atoms with Gasteiger partial charge in [0.05, 0.1) is 22.7 Å². The van der Waals surface area contributed by atoms with Crippen LogP contribution in [0, 0.1) is 0 Å². The van der Waals surface area contributed by atoms with Gasteiger partial charge in [0.15, 0.2) is 5.58 Å². The van der Waals surface area contributed by atoms with Crippen LogP contribution >= 0.6 is 0 Å². The van der Waals surface area contributed by atoms with Gasteiger partial charge in [-0.2, -0.15) is 5.16 Å². The van der Waals surface area contributed by atoms with Crippen molar-refractivity contribution in [1.29, 1.82) is 0 Å². The number of H-pyrrole nitrogens is 1. The Hall–Kier alpha value is -3.77. The highest BCUT2D eigenvalue weighted by Crippen LogP contribution is 2.16. The number of carboxylic acid groups (broad SMARTS) is 1. The smallest absolute Gasteiger partial charge is 0.305 e. The fourth-order valence-electron chi connectivity index (χ4n) is 2.71. The lowest BCUT2D eigenvalue weighted by Crippen LogP contribution is -2.37. The van der Waals surface area contributed by atoms with Gasteiger partial charge < -0.3 is 19.7 Å². The summed E-state index contributed by atoms with van der Waals surface area (Å²) in [4.78, 5) is 45.2. The molecule has 31 heavy (non-hydrogen) atoms. The Morgan fingerprint density at radius 2 is 1.87 bits per heavy atom. The van der Waals surface area contributed by atoms with E-state index in [1.54, 1.807) is 0 Å². The number of fused-ring (bicyclic) bond motifs is 1. The van der Waals surface area contributed by atoms with Crippen LogP contribution < -0.4 is 15.6 Å². The van der Waals surface area contributed by atoms with Gasteiger partial charge in [0.2, 0.25) is 10.0 Å². The average molecular weight is 447 g/mol. The van der Waals surface area contributed by atoms with Crippen LogP contribution in [-0.2, 0) is 26.2 Å². The van der Waals surface area contributed by atoms with Crippen LogP contribution in [0.15, 0.2) is 56.7 Å². The summed E-state index contributed by atoms with van der Waals surface area (Å²) in [5, 5.41) is 13.2. The van der Waals surface area contributed by atoms with E-state index in [1.807, 2.05) is 0 Å². The van der Waals surface area contributed by atoms with Gasteiger partial charge in [-0.3, -0.25) is 14.4 Å². The molecule has 1 heterocycles. The molecule has 0 fully saturated rings. The van der Waals surface area contributed by atoms with Gasteiger partial charge in [-0.05, 0) is 35.9 Å². The van der Waals surface area contributed by atoms with Crippen LogP contribution in [0.5, 0.6) is 0 Å². The van der Waals surface area contributed by atoms with Gasteiger partial charge in [-0.1, -0.05) is 12.1 Å². The molecule has 4 N–H and O–H groups in total. The molecule has 1 atom stereocenters. The van der Waals surface area contributed by atoms with Crippen molar-refractivity contribution < 1.29 is 32.4 Å². The summed E-state index contributed by atoms with van der Waals surface area (Å²) in [6.07, 6.45) is -0.199. The highest BCUT2D eigenvalue weighted by molar-refractivity contribution is 7.89. The molecule has 1 amide bonds. The first-order chi connectivity index (χ1) is 14.7. The standard InChI is InChI=1S/C19H17N3O8S/c23-10-13(7-17(24)25)21-18(26)12-3-1-11(2-4-12)9-20-31(28,29)14-5-6-16-15(8-14)19(27)22-30-16/h1-6,8,10,13,20H,7,9H2,(H,21,26)(H,22,27)(H,24,25)/t13-/m0/s1. The summed E-state index contributed by atoms with van der Waals surface area (Å²) >= 11 is 0. The predicted molar refractivity (Wildman–Crippen MR) is 107 cm³/mol. The number of hydrogen-bond donors (Lipinski definition) is 4. The molecule has 0 saturated carbocycles. The molecule has 11 nitrogen and oxygen atoms in total. The first-order valence-electron chi connectivity index (χ1n) is 8.87. The third kappa shape index (κ3) is 5.24. The summed E-state index contributed by atoms with van der Waals surface area (Å²) < 4.78 is 32.3. The highest BCUT2D eigenvalue weighted by Gasteiger charge is 2.18. The minimum absolute atomic E-state index is 0.0833. The second-order valence-corrected chi connectivity index (χ2v) is 8.29. The van der Waals surface area contributed by atoms with Crippen molar-refractivity contribution in [3.63, 3.8) is 0 Å². The van der Waals surface area contributed by atoms with E-state index in [9.17, 15) is 27.6 Å². The summed E-state index contributed by atoms with van der Waals surface area (Å²) in [6.45, 7) is -0.0833. The number of rotatable bonds is 9. The van der Waals surface area contributed by atoms with E-state index in [0.29, 0.717) is 11.8 Å². The van der Waals surface area contributed by atoms with Crippen molar-refractivity contribution in [1.82, 2.24) is 15.2 Å². The first-order valence-corrected chi connectivity index (χ1v) is 10.4. The quantitative estimate of drug-likeness (QED) is 0.340. The van der Waals surface area contributed by atoms with E-state index < -0.39 is 39.9 Å². The second-order valence-electron chi connectivity index (χ2n) is 6.53. The molecule has 0 saturated heterocycles. The van der Waals surface area contributed by atoms with Crippen LogP contribution in [0.2, 0.25) is 0 Å². The lowest BCUT2D eigenvalue weighted by molar-refractivity contribution is -0.138. The molecule has 0 bridgehead atoms. The van der Waals surface area contributed by atoms with Crippen molar-refractivity contribution in [2.45, 2.75) is 23.9 Å². The molecule has 0 unspecified atom stereocenters. The lowest BCUT2D eigenvalue weighted by Gasteiger charge is -2.11. The molecule has 0 aliphatic rings. The minimum Gasteiger partial charge on any atom is -0.481 e. The molecule has 0 radical (unpaired) electrons. The van der Waals surface area contributed by atoms with Crippen molar-refractivity contribution in [2.24, 2.45) is 0 Å². The summed E-state index contributed by atoms with van der Waals surface area (Å²) in [5.74, 6) is -1.86. The molecular formula is C19H17N3O8S. The largest absolute Gasteiger partial charge is 0.481 e. The Kier molecular flexibility index (Phi) is 6.32. The maximum absolute atomic E-state index is 12.5. The van der Waals surface area contributed by atoms with Gasteiger partial charge in [0.25, 0.3) is 11.5 Å². The number of aromatic nitrogens is 1. The van der Waals surface area contributed by atoms with Crippen LogP contribution in [0.25, 0.3) is 11.0 Å². The molecule has 162 valence electrons. The third-order valence-corrected chi connectivity index (χ3v) is 5.72. The molecule has 12 heteroatoms. The lowest BCUT2D eigenvalue weighted by atomic mass is 10.1. The van der Waals surface area contributed by atoms with E-state index in [1.165, 1.54) is 42.5 Å².